The molecule has 3 heteroatoms. The van der Waals surface area contributed by atoms with E-state index in [0.29, 0.717) is 0 Å². The summed E-state index contributed by atoms with van der Waals surface area (Å²) in [6, 6.07) is 6.66. The third kappa shape index (κ3) is 3.23. The number of aromatic nitrogens is 1. The fourth-order valence-electron chi connectivity index (χ4n) is 2.35. The minimum atomic E-state index is 0.224. The van der Waals surface area contributed by atoms with Gasteiger partial charge in [0.05, 0.1) is 11.7 Å². The quantitative estimate of drug-likeness (QED) is 0.857. The number of aryl methyl sites for hydroxylation is 2. The Hall–Kier alpha value is -1.19. The maximum Gasteiger partial charge on any atom is 0.0764 e. The van der Waals surface area contributed by atoms with Crippen LogP contribution >= 0.6 is 11.3 Å². The summed E-state index contributed by atoms with van der Waals surface area (Å²) in [5.41, 5.74) is 3.88. The molecule has 0 spiro atoms. The Morgan fingerprint density at radius 1 is 1.32 bits per heavy atom. The van der Waals surface area contributed by atoms with Crippen LogP contribution in [0.15, 0.2) is 29.8 Å². The summed E-state index contributed by atoms with van der Waals surface area (Å²) < 4.78 is 0. The van der Waals surface area contributed by atoms with Gasteiger partial charge >= 0.3 is 0 Å². The van der Waals surface area contributed by atoms with Crippen LogP contribution in [0.3, 0.4) is 0 Å². The molecule has 2 aromatic rings. The normalized spacial score (nSPS) is 12.6. The van der Waals surface area contributed by atoms with Gasteiger partial charge in [-0.1, -0.05) is 19.9 Å². The van der Waals surface area contributed by atoms with E-state index < -0.39 is 0 Å². The van der Waals surface area contributed by atoms with E-state index in [1.807, 2.05) is 12.3 Å². The molecule has 0 saturated heterocycles. The summed E-state index contributed by atoms with van der Waals surface area (Å²) in [6.45, 7) is 7.59. The molecule has 1 unspecified atom stereocenters. The van der Waals surface area contributed by atoms with Crippen molar-refractivity contribution in [1.82, 2.24) is 10.3 Å². The minimum Gasteiger partial charge on any atom is -0.305 e. The van der Waals surface area contributed by atoms with Gasteiger partial charge in [-0.3, -0.25) is 4.98 Å². The molecular formula is C16H22N2S. The van der Waals surface area contributed by atoms with Crippen molar-refractivity contribution in [3.63, 3.8) is 0 Å². The first-order chi connectivity index (χ1) is 9.27. The molecule has 0 amide bonds. The fourth-order valence-corrected chi connectivity index (χ4v) is 3.09. The molecule has 0 aromatic carbocycles. The molecule has 0 aliphatic heterocycles. The van der Waals surface area contributed by atoms with E-state index in [9.17, 15) is 0 Å². The fraction of sp³-hybridized carbons (Fsp3) is 0.438. The summed E-state index contributed by atoms with van der Waals surface area (Å²) in [5, 5.41) is 5.81. The predicted octanol–water partition coefficient (Wildman–Crippen LogP) is 4.10. The van der Waals surface area contributed by atoms with E-state index in [1.54, 1.807) is 11.3 Å². The third-order valence-corrected chi connectivity index (χ3v) is 4.25. The highest BCUT2D eigenvalue weighted by Gasteiger charge is 2.19. The van der Waals surface area contributed by atoms with Gasteiger partial charge in [0.15, 0.2) is 0 Å². The highest BCUT2D eigenvalue weighted by Crippen LogP contribution is 2.29. The standard InChI is InChI=1S/C16H22N2S/c1-4-9-17-16(14-8-11-19-12(14)3)15-13(5-2)7-6-10-18-15/h6-8,10-11,16-17H,4-5,9H2,1-3H3. The number of hydrogen-bond donors (Lipinski definition) is 1. The van der Waals surface area contributed by atoms with Crippen molar-refractivity contribution in [1.29, 1.82) is 0 Å². The Bertz CT molecular complexity index is 519. The van der Waals surface area contributed by atoms with Crippen LogP contribution in [0.5, 0.6) is 0 Å². The summed E-state index contributed by atoms with van der Waals surface area (Å²) >= 11 is 1.81. The summed E-state index contributed by atoms with van der Waals surface area (Å²) in [5.74, 6) is 0. The van der Waals surface area contributed by atoms with Gasteiger partial charge in [0.1, 0.15) is 0 Å². The molecule has 0 saturated carbocycles. The Morgan fingerprint density at radius 3 is 2.79 bits per heavy atom. The predicted molar refractivity (Wildman–Crippen MR) is 82.8 cm³/mol. The topological polar surface area (TPSA) is 24.9 Å². The van der Waals surface area contributed by atoms with E-state index >= 15 is 0 Å². The van der Waals surface area contributed by atoms with Crippen molar-refractivity contribution in [3.05, 3.63) is 51.5 Å². The monoisotopic (exact) mass is 274 g/mol. The van der Waals surface area contributed by atoms with E-state index in [-0.39, 0.29) is 6.04 Å². The van der Waals surface area contributed by atoms with Crippen LogP contribution < -0.4 is 5.32 Å². The zero-order valence-electron chi connectivity index (χ0n) is 11.9. The summed E-state index contributed by atoms with van der Waals surface area (Å²) in [6.07, 6.45) is 4.06. The van der Waals surface area contributed by atoms with Crippen LogP contribution in [0.25, 0.3) is 0 Å². The van der Waals surface area contributed by atoms with E-state index in [0.717, 1.165) is 19.4 Å². The van der Waals surface area contributed by atoms with Gasteiger partial charge in [-0.05, 0) is 54.9 Å². The molecule has 2 nitrogen and oxygen atoms in total. The second kappa shape index (κ2) is 6.83. The highest BCUT2D eigenvalue weighted by molar-refractivity contribution is 7.10. The van der Waals surface area contributed by atoms with Crippen LogP contribution in [0, 0.1) is 6.92 Å². The van der Waals surface area contributed by atoms with Crippen LogP contribution in [-0.2, 0) is 6.42 Å². The van der Waals surface area contributed by atoms with Gasteiger partial charge in [-0.15, -0.1) is 11.3 Å². The van der Waals surface area contributed by atoms with E-state index in [2.05, 4.69) is 48.6 Å². The van der Waals surface area contributed by atoms with Crippen molar-refractivity contribution in [2.45, 2.75) is 39.7 Å². The number of nitrogens with zero attached hydrogens (tertiary/aromatic N) is 1. The molecule has 0 radical (unpaired) electrons. The lowest BCUT2D eigenvalue weighted by Gasteiger charge is -2.20. The van der Waals surface area contributed by atoms with E-state index in [1.165, 1.54) is 21.7 Å². The second-order valence-corrected chi connectivity index (χ2v) is 5.84. The van der Waals surface area contributed by atoms with Crippen LogP contribution in [0.2, 0.25) is 0 Å². The first-order valence-electron chi connectivity index (χ1n) is 6.99. The van der Waals surface area contributed by atoms with Gasteiger partial charge in [0, 0.05) is 11.1 Å². The SMILES string of the molecule is CCCNC(c1ccsc1C)c1ncccc1CC. The zero-order valence-corrected chi connectivity index (χ0v) is 12.8. The lowest BCUT2D eigenvalue weighted by molar-refractivity contribution is 0.581. The Labute approximate surface area is 119 Å². The van der Waals surface area contributed by atoms with Crippen LogP contribution in [-0.4, -0.2) is 11.5 Å². The maximum absolute atomic E-state index is 4.64. The Balaban J connectivity index is 2.40. The molecule has 0 fully saturated rings. The molecule has 2 rings (SSSR count). The first-order valence-corrected chi connectivity index (χ1v) is 7.87. The molecule has 19 heavy (non-hydrogen) atoms. The van der Waals surface area contributed by atoms with Crippen molar-refractivity contribution in [2.75, 3.05) is 6.54 Å². The molecule has 0 aliphatic carbocycles. The lowest BCUT2D eigenvalue weighted by Crippen LogP contribution is -2.25. The Morgan fingerprint density at radius 2 is 2.16 bits per heavy atom. The van der Waals surface area contributed by atoms with Crippen molar-refractivity contribution < 1.29 is 0 Å². The number of hydrogen-bond acceptors (Lipinski definition) is 3. The molecule has 2 aromatic heterocycles. The van der Waals surface area contributed by atoms with Gasteiger partial charge in [0.25, 0.3) is 0 Å². The van der Waals surface area contributed by atoms with Crippen molar-refractivity contribution >= 4 is 11.3 Å². The molecule has 0 bridgehead atoms. The van der Waals surface area contributed by atoms with Gasteiger partial charge in [0.2, 0.25) is 0 Å². The second-order valence-electron chi connectivity index (χ2n) is 4.72. The molecule has 1 N–H and O–H groups in total. The average Bonchev–Trinajstić information content (AvgIpc) is 2.86. The Kier molecular flexibility index (Phi) is 5.11. The minimum absolute atomic E-state index is 0.224. The molecule has 2 heterocycles. The number of nitrogens with one attached hydrogen (secondary N) is 1. The van der Waals surface area contributed by atoms with Crippen molar-refractivity contribution in [2.24, 2.45) is 0 Å². The van der Waals surface area contributed by atoms with Crippen molar-refractivity contribution in [3.8, 4) is 0 Å². The molecule has 0 aliphatic rings. The van der Waals surface area contributed by atoms with Gasteiger partial charge < -0.3 is 5.32 Å². The first kappa shape index (κ1) is 14.2. The average molecular weight is 274 g/mol. The molecule has 102 valence electrons. The molecule has 1 atom stereocenters. The third-order valence-electron chi connectivity index (χ3n) is 3.39. The summed E-state index contributed by atoms with van der Waals surface area (Å²) in [4.78, 5) is 6.02. The van der Waals surface area contributed by atoms with Gasteiger partial charge in [-0.25, -0.2) is 0 Å². The highest BCUT2D eigenvalue weighted by atomic mass is 32.1. The van der Waals surface area contributed by atoms with Crippen LogP contribution in [0.1, 0.15) is 48.0 Å². The summed E-state index contributed by atoms with van der Waals surface area (Å²) in [7, 11) is 0. The van der Waals surface area contributed by atoms with E-state index in [4.69, 9.17) is 0 Å². The maximum atomic E-state index is 4.64. The molecular weight excluding hydrogens is 252 g/mol. The number of rotatable bonds is 6. The number of pyridine rings is 1. The smallest absolute Gasteiger partial charge is 0.0764 e. The number of thiophene rings is 1. The zero-order chi connectivity index (χ0) is 13.7. The largest absolute Gasteiger partial charge is 0.305 e. The lowest BCUT2D eigenvalue weighted by atomic mass is 9.98. The van der Waals surface area contributed by atoms with Crippen LogP contribution in [0.4, 0.5) is 0 Å². The van der Waals surface area contributed by atoms with Gasteiger partial charge in [-0.2, -0.15) is 0 Å².